The number of aromatic hydroxyl groups is 1. The molecule has 0 bridgehead atoms. The molecule has 20 heavy (non-hydrogen) atoms. The van der Waals surface area contributed by atoms with Gasteiger partial charge in [0.1, 0.15) is 5.75 Å². The van der Waals surface area contributed by atoms with Gasteiger partial charge in [0.05, 0.1) is 8.07 Å². The molecule has 0 fully saturated rings. The fourth-order valence-corrected chi connectivity index (χ4v) is 5.00. The Kier molecular flexibility index (Phi) is 4.95. The summed E-state index contributed by atoms with van der Waals surface area (Å²) in [5.41, 5.74) is 1.24. The summed E-state index contributed by atoms with van der Waals surface area (Å²) in [4.78, 5) is 0. The Morgan fingerprint density at radius 3 is 2.40 bits per heavy atom. The standard InChI is InChI=1S/C16H21OPSSi/c1-20(2,3)13-8-9-14(17)16(10-13)18-15-7-5-4-6-12(15)11-19/h4-10,17-19H,11H2,1-3H3. The molecule has 106 valence electrons. The van der Waals surface area contributed by atoms with E-state index in [0.717, 1.165) is 11.1 Å². The molecule has 0 heterocycles. The minimum absolute atomic E-state index is 0.402. The van der Waals surface area contributed by atoms with E-state index < -0.39 is 8.07 Å². The number of hydrogen-bond acceptors (Lipinski definition) is 2. The second-order valence-electron chi connectivity index (χ2n) is 5.92. The van der Waals surface area contributed by atoms with Crippen LogP contribution in [-0.2, 0) is 5.75 Å². The molecule has 0 saturated carbocycles. The van der Waals surface area contributed by atoms with Gasteiger partial charge in [0, 0.05) is 11.1 Å². The normalized spacial score (nSPS) is 12.2. The second-order valence-corrected chi connectivity index (χ2v) is 12.6. The summed E-state index contributed by atoms with van der Waals surface area (Å²) in [5, 5.41) is 13.8. The van der Waals surface area contributed by atoms with E-state index in [1.165, 1.54) is 16.1 Å². The van der Waals surface area contributed by atoms with Gasteiger partial charge in [-0.1, -0.05) is 69.8 Å². The van der Waals surface area contributed by atoms with Crippen molar-refractivity contribution in [3.05, 3.63) is 48.0 Å². The van der Waals surface area contributed by atoms with Gasteiger partial charge in [0.15, 0.2) is 0 Å². The first kappa shape index (κ1) is 15.6. The van der Waals surface area contributed by atoms with Crippen molar-refractivity contribution in [1.82, 2.24) is 0 Å². The molecule has 2 aromatic carbocycles. The summed E-state index contributed by atoms with van der Waals surface area (Å²) >= 11 is 4.39. The zero-order valence-electron chi connectivity index (χ0n) is 12.1. The predicted molar refractivity (Wildman–Crippen MR) is 97.8 cm³/mol. The van der Waals surface area contributed by atoms with E-state index >= 15 is 0 Å². The molecule has 2 rings (SSSR count). The molecule has 1 nitrogen and oxygen atoms in total. The lowest BCUT2D eigenvalue weighted by molar-refractivity contribution is 0.480. The lowest BCUT2D eigenvalue weighted by Gasteiger charge is -2.18. The Labute approximate surface area is 129 Å². The second kappa shape index (κ2) is 6.34. The van der Waals surface area contributed by atoms with Crippen LogP contribution < -0.4 is 15.8 Å². The van der Waals surface area contributed by atoms with Crippen LogP contribution in [0.4, 0.5) is 0 Å². The maximum Gasteiger partial charge on any atom is 0.123 e. The first-order valence-corrected chi connectivity index (χ1v) is 11.8. The van der Waals surface area contributed by atoms with E-state index in [4.69, 9.17) is 0 Å². The van der Waals surface area contributed by atoms with Gasteiger partial charge in [-0.2, -0.15) is 12.6 Å². The molecule has 0 aliphatic carbocycles. The molecule has 1 unspecified atom stereocenters. The Morgan fingerprint density at radius 1 is 1.05 bits per heavy atom. The molecule has 0 aromatic heterocycles. The zero-order valence-corrected chi connectivity index (χ0v) is 15.0. The van der Waals surface area contributed by atoms with E-state index in [9.17, 15) is 5.11 Å². The van der Waals surface area contributed by atoms with Gasteiger partial charge in [-0.3, -0.25) is 0 Å². The maximum atomic E-state index is 10.1. The molecule has 0 radical (unpaired) electrons. The summed E-state index contributed by atoms with van der Waals surface area (Å²) < 4.78 is 0. The zero-order chi connectivity index (χ0) is 14.8. The fraction of sp³-hybridized carbons (Fsp3) is 0.250. The number of phenols is 1. The van der Waals surface area contributed by atoms with Crippen LogP contribution in [0.1, 0.15) is 5.56 Å². The van der Waals surface area contributed by atoms with Crippen molar-refractivity contribution in [2.45, 2.75) is 25.4 Å². The van der Waals surface area contributed by atoms with Gasteiger partial charge < -0.3 is 5.11 Å². The largest absolute Gasteiger partial charge is 0.507 e. The van der Waals surface area contributed by atoms with Crippen LogP contribution in [0, 0.1) is 0 Å². The molecular formula is C16H21OPSSi. The Balaban J connectivity index is 2.38. The van der Waals surface area contributed by atoms with Gasteiger partial charge in [-0.05, 0) is 16.9 Å². The van der Waals surface area contributed by atoms with Crippen LogP contribution in [0.3, 0.4) is 0 Å². The van der Waals surface area contributed by atoms with Gasteiger partial charge in [0.25, 0.3) is 0 Å². The van der Waals surface area contributed by atoms with E-state index in [1.807, 2.05) is 12.1 Å². The fourth-order valence-electron chi connectivity index (χ4n) is 2.03. The molecule has 4 heteroatoms. The van der Waals surface area contributed by atoms with Crippen molar-refractivity contribution in [2.24, 2.45) is 0 Å². The van der Waals surface area contributed by atoms with Crippen molar-refractivity contribution < 1.29 is 5.11 Å². The Bertz CT molecular complexity index is 608. The smallest absolute Gasteiger partial charge is 0.123 e. The SMILES string of the molecule is C[Si](C)(C)c1ccc(O)c(Pc2ccccc2CS)c1. The topological polar surface area (TPSA) is 20.2 Å². The third-order valence-electron chi connectivity index (χ3n) is 3.32. The van der Waals surface area contributed by atoms with E-state index in [1.54, 1.807) is 0 Å². The molecule has 2 aromatic rings. The highest BCUT2D eigenvalue weighted by atomic mass is 32.1. The molecule has 0 amide bonds. The number of hydrogen-bond donors (Lipinski definition) is 2. The van der Waals surface area contributed by atoms with Gasteiger partial charge in [-0.25, -0.2) is 0 Å². The molecular weight excluding hydrogens is 299 g/mol. The van der Waals surface area contributed by atoms with Crippen molar-refractivity contribution >= 4 is 45.1 Å². The van der Waals surface area contributed by atoms with Crippen molar-refractivity contribution in [2.75, 3.05) is 0 Å². The molecule has 1 N–H and O–H groups in total. The minimum atomic E-state index is -1.35. The summed E-state index contributed by atoms with van der Waals surface area (Å²) in [6.45, 7) is 6.98. The maximum absolute atomic E-state index is 10.1. The monoisotopic (exact) mass is 320 g/mol. The first-order chi connectivity index (χ1) is 9.41. The van der Waals surface area contributed by atoms with Crippen LogP contribution >= 0.6 is 21.2 Å². The average Bonchev–Trinajstić information content (AvgIpc) is 2.40. The molecule has 0 aliphatic heterocycles. The third-order valence-corrected chi connectivity index (χ3v) is 7.13. The van der Waals surface area contributed by atoms with E-state index in [0.29, 0.717) is 14.3 Å². The number of rotatable bonds is 4. The lowest BCUT2D eigenvalue weighted by atomic mass is 10.2. The Morgan fingerprint density at radius 2 is 1.75 bits per heavy atom. The number of benzene rings is 2. The van der Waals surface area contributed by atoms with Gasteiger partial charge in [0.2, 0.25) is 0 Å². The molecule has 0 spiro atoms. The number of phenolic OH excluding ortho intramolecular Hbond substituents is 1. The van der Waals surface area contributed by atoms with E-state index in [2.05, 4.69) is 62.6 Å². The van der Waals surface area contributed by atoms with Crippen LogP contribution in [0.25, 0.3) is 0 Å². The predicted octanol–water partition coefficient (Wildman–Crippen LogP) is 3.00. The lowest BCUT2D eigenvalue weighted by Crippen LogP contribution is -2.38. The first-order valence-electron chi connectivity index (χ1n) is 6.71. The minimum Gasteiger partial charge on any atom is -0.507 e. The summed E-state index contributed by atoms with van der Waals surface area (Å²) in [7, 11) is -0.868. The third kappa shape index (κ3) is 3.66. The summed E-state index contributed by atoms with van der Waals surface area (Å²) in [6, 6.07) is 14.4. The van der Waals surface area contributed by atoms with Crippen molar-refractivity contribution in [1.29, 1.82) is 0 Å². The highest BCUT2D eigenvalue weighted by Crippen LogP contribution is 2.20. The van der Waals surface area contributed by atoms with Crippen LogP contribution in [-0.4, -0.2) is 13.2 Å². The van der Waals surface area contributed by atoms with E-state index in [-0.39, 0.29) is 0 Å². The quantitative estimate of drug-likeness (QED) is 0.504. The van der Waals surface area contributed by atoms with Gasteiger partial charge >= 0.3 is 0 Å². The highest BCUT2D eigenvalue weighted by Gasteiger charge is 2.18. The van der Waals surface area contributed by atoms with Gasteiger partial charge in [-0.15, -0.1) is 0 Å². The van der Waals surface area contributed by atoms with Crippen molar-refractivity contribution in [3.8, 4) is 5.75 Å². The highest BCUT2D eigenvalue weighted by molar-refractivity contribution is 7.79. The van der Waals surface area contributed by atoms with Crippen LogP contribution in [0.2, 0.25) is 19.6 Å². The summed E-state index contributed by atoms with van der Waals surface area (Å²) in [5.74, 6) is 1.14. The molecule has 0 aliphatic rings. The number of thiol groups is 1. The molecule has 1 atom stereocenters. The Hall–Kier alpha value is -0.763. The van der Waals surface area contributed by atoms with Crippen LogP contribution in [0.5, 0.6) is 5.75 Å². The average molecular weight is 320 g/mol. The molecule has 0 saturated heterocycles. The van der Waals surface area contributed by atoms with Crippen LogP contribution in [0.15, 0.2) is 42.5 Å². The summed E-state index contributed by atoms with van der Waals surface area (Å²) in [6.07, 6.45) is 0. The van der Waals surface area contributed by atoms with Crippen molar-refractivity contribution in [3.63, 3.8) is 0 Å².